The topological polar surface area (TPSA) is 57.6 Å². The molecule has 1 saturated heterocycles. The molecule has 1 aromatic carbocycles. The van der Waals surface area contributed by atoms with Crippen LogP contribution in [0.25, 0.3) is 0 Å². The zero-order valence-corrected chi connectivity index (χ0v) is 12.7. The zero-order chi connectivity index (χ0) is 15.4. The standard InChI is InChI=1S/C17H23NO3/c1-3-12(4-2)16(19)18-10-14(15(11-18)17(20)21)13-8-6-5-7-9-13/h5-9,12,14-15H,3-4,10-11H2,1-2H3,(H,20,21)/t14-,15-/m0/s1. The number of nitrogens with zero attached hydrogens (tertiary/aromatic N) is 1. The van der Waals surface area contributed by atoms with Crippen LogP contribution in [0.5, 0.6) is 0 Å². The van der Waals surface area contributed by atoms with E-state index in [0.29, 0.717) is 13.1 Å². The van der Waals surface area contributed by atoms with Crippen LogP contribution in [-0.2, 0) is 9.59 Å². The summed E-state index contributed by atoms with van der Waals surface area (Å²) < 4.78 is 0. The van der Waals surface area contributed by atoms with Crippen LogP contribution in [-0.4, -0.2) is 35.0 Å². The highest BCUT2D eigenvalue weighted by Gasteiger charge is 2.41. The van der Waals surface area contributed by atoms with Crippen molar-refractivity contribution in [3.05, 3.63) is 35.9 Å². The second kappa shape index (κ2) is 6.74. The van der Waals surface area contributed by atoms with Gasteiger partial charge in [0, 0.05) is 24.9 Å². The summed E-state index contributed by atoms with van der Waals surface area (Å²) in [6, 6.07) is 9.65. The van der Waals surface area contributed by atoms with Crippen molar-refractivity contribution >= 4 is 11.9 Å². The van der Waals surface area contributed by atoms with Crippen molar-refractivity contribution in [2.45, 2.75) is 32.6 Å². The molecule has 0 radical (unpaired) electrons. The molecule has 0 bridgehead atoms. The Morgan fingerprint density at radius 1 is 1.19 bits per heavy atom. The lowest BCUT2D eigenvalue weighted by Gasteiger charge is -2.21. The molecule has 2 rings (SSSR count). The number of rotatable bonds is 5. The SMILES string of the molecule is CCC(CC)C(=O)N1C[C@H](C(=O)O)[C@H](c2ccccc2)C1. The van der Waals surface area contributed by atoms with Gasteiger partial charge in [0.15, 0.2) is 0 Å². The maximum Gasteiger partial charge on any atom is 0.308 e. The molecule has 1 N–H and O–H groups in total. The lowest BCUT2D eigenvalue weighted by Crippen LogP contribution is -2.34. The van der Waals surface area contributed by atoms with Crippen molar-refractivity contribution in [1.29, 1.82) is 0 Å². The zero-order valence-electron chi connectivity index (χ0n) is 12.7. The molecule has 0 spiro atoms. The molecule has 0 unspecified atom stereocenters. The van der Waals surface area contributed by atoms with Crippen molar-refractivity contribution in [2.75, 3.05) is 13.1 Å². The first kappa shape index (κ1) is 15.5. The molecule has 1 aliphatic rings. The van der Waals surface area contributed by atoms with Gasteiger partial charge in [-0.15, -0.1) is 0 Å². The Bertz CT molecular complexity index is 496. The van der Waals surface area contributed by atoms with Gasteiger partial charge in [-0.25, -0.2) is 0 Å². The van der Waals surface area contributed by atoms with Crippen molar-refractivity contribution in [3.63, 3.8) is 0 Å². The average molecular weight is 289 g/mol. The fourth-order valence-corrected chi connectivity index (χ4v) is 3.17. The summed E-state index contributed by atoms with van der Waals surface area (Å²) >= 11 is 0. The Morgan fingerprint density at radius 2 is 1.81 bits per heavy atom. The Labute approximate surface area is 125 Å². The molecule has 1 amide bonds. The van der Waals surface area contributed by atoms with Crippen molar-refractivity contribution in [3.8, 4) is 0 Å². The van der Waals surface area contributed by atoms with E-state index >= 15 is 0 Å². The van der Waals surface area contributed by atoms with E-state index in [4.69, 9.17) is 0 Å². The average Bonchev–Trinajstić information content (AvgIpc) is 2.94. The van der Waals surface area contributed by atoms with E-state index < -0.39 is 11.9 Å². The summed E-state index contributed by atoms with van der Waals surface area (Å²) in [4.78, 5) is 25.8. The monoisotopic (exact) mass is 289 g/mol. The minimum absolute atomic E-state index is 0.00830. The van der Waals surface area contributed by atoms with Crippen molar-refractivity contribution in [1.82, 2.24) is 4.90 Å². The Morgan fingerprint density at radius 3 is 2.33 bits per heavy atom. The Hall–Kier alpha value is -1.84. The van der Waals surface area contributed by atoms with Crippen LogP contribution in [0, 0.1) is 11.8 Å². The number of benzene rings is 1. The Balaban J connectivity index is 2.19. The van der Waals surface area contributed by atoms with Gasteiger partial charge >= 0.3 is 5.97 Å². The Kier molecular flexibility index (Phi) is 4.99. The molecule has 21 heavy (non-hydrogen) atoms. The maximum absolute atomic E-state index is 12.5. The number of carboxylic acids is 1. The van der Waals surface area contributed by atoms with Crippen LogP contribution in [0.2, 0.25) is 0 Å². The quantitative estimate of drug-likeness (QED) is 0.906. The van der Waals surface area contributed by atoms with Crippen LogP contribution >= 0.6 is 0 Å². The number of carbonyl (C=O) groups is 2. The van der Waals surface area contributed by atoms with E-state index in [2.05, 4.69) is 0 Å². The van der Waals surface area contributed by atoms with E-state index in [1.807, 2.05) is 44.2 Å². The first-order chi connectivity index (χ1) is 10.1. The molecule has 2 atom stereocenters. The fraction of sp³-hybridized carbons (Fsp3) is 0.529. The fourth-order valence-electron chi connectivity index (χ4n) is 3.17. The van der Waals surface area contributed by atoms with Crippen molar-refractivity contribution in [2.24, 2.45) is 11.8 Å². The minimum atomic E-state index is -0.816. The third kappa shape index (κ3) is 3.26. The maximum atomic E-state index is 12.5. The number of carboxylic acid groups (broad SMARTS) is 1. The number of likely N-dealkylation sites (tertiary alicyclic amines) is 1. The van der Waals surface area contributed by atoms with Crippen LogP contribution in [0.1, 0.15) is 38.2 Å². The summed E-state index contributed by atoms with van der Waals surface area (Å²) in [6.45, 7) is 4.84. The molecular weight excluding hydrogens is 266 g/mol. The molecule has 0 aliphatic carbocycles. The predicted molar refractivity (Wildman–Crippen MR) is 81.0 cm³/mol. The highest BCUT2D eigenvalue weighted by Crippen LogP contribution is 2.34. The van der Waals surface area contributed by atoms with Gasteiger partial charge in [-0.2, -0.15) is 0 Å². The van der Waals surface area contributed by atoms with E-state index in [0.717, 1.165) is 18.4 Å². The molecule has 1 aromatic rings. The van der Waals surface area contributed by atoms with Crippen LogP contribution in [0.4, 0.5) is 0 Å². The summed E-state index contributed by atoms with van der Waals surface area (Å²) in [5, 5.41) is 9.46. The highest BCUT2D eigenvalue weighted by atomic mass is 16.4. The van der Waals surface area contributed by atoms with Gasteiger partial charge in [0.05, 0.1) is 5.92 Å². The third-order valence-corrected chi connectivity index (χ3v) is 4.51. The van der Waals surface area contributed by atoms with Crippen LogP contribution in [0.3, 0.4) is 0 Å². The van der Waals surface area contributed by atoms with Gasteiger partial charge in [0.2, 0.25) is 5.91 Å². The molecule has 1 fully saturated rings. The largest absolute Gasteiger partial charge is 0.481 e. The second-order valence-corrected chi connectivity index (χ2v) is 5.72. The first-order valence-corrected chi connectivity index (χ1v) is 7.65. The number of amides is 1. The summed E-state index contributed by atoms with van der Waals surface area (Å²) in [7, 11) is 0. The molecular formula is C17H23NO3. The molecule has 0 saturated carbocycles. The van der Waals surface area contributed by atoms with Crippen LogP contribution < -0.4 is 0 Å². The molecule has 0 aromatic heterocycles. The summed E-state index contributed by atoms with van der Waals surface area (Å²) in [5.74, 6) is -1.32. The molecule has 4 heteroatoms. The molecule has 1 aliphatic heterocycles. The summed E-state index contributed by atoms with van der Waals surface area (Å²) in [5.41, 5.74) is 1.00. The van der Waals surface area contributed by atoms with Gasteiger partial charge in [-0.3, -0.25) is 9.59 Å². The molecule has 1 heterocycles. The number of hydrogen-bond acceptors (Lipinski definition) is 2. The van der Waals surface area contributed by atoms with Gasteiger partial charge in [0.1, 0.15) is 0 Å². The second-order valence-electron chi connectivity index (χ2n) is 5.72. The van der Waals surface area contributed by atoms with Gasteiger partial charge in [-0.05, 0) is 18.4 Å². The van der Waals surface area contributed by atoms with E-state index in [1.54, 1.807) is 4.90 Å². The molecule has 4 nitrogen and oxygen atoms in total. The van der Waals surface area contributed by atoms with Gasteiger partial charge in [-0.1, -0.05) is 44.2 Å². The van der Waals surface area contributed by atoms with Crippen molar-refractivity contribution < 1.29 is 14.7 Å². The lowest BCUT2D eigenvalue weighted by atomic mass is 9.89. The number of carbonyl (C=O) groups excluding carboxylic acids is 1. The normalized spacial score (nSPS) is 21.8. The summed E-state index contributed by atoms with van der Waals surface area (Å²) in [6.07, 6.45) is 1.61. The van der Waals surface area contributed by atoms with Gasteiger partial charge in [0.25, 0.3) is 0 Å². The molecule has 114 valence electrons. The van der Waals surface area contributed by atoms with E-state index in [1.165, 1.54) is 0 Å². The predicted octanol–water partition coefficient (Wildman–Crippen LogP) is 2.75. The van der Waals surface area contributed by atoms with Crippen LogP contribution in [0.15, 0.2) is 30.3 Å². The number of aliphatic carboxylic acids is 1. The van der Waals surface area contributed by atoms with E-state index in [-0.39, 0.29) is 17.7 Å². The third-order valence-electron chi connectivity index (χ3n) is 4.51. The van der Waals surface area contributed by atoms with E-state index in [9.17, 15) is 14.7 Å². The first-order valence-electron chi connectivity index (χ1n) is 7.65. The minimum Gasteiger partial charge on any atom is -0.481 e. The highest BCUT2D eigenvalue weighted by molar-refractivity contribution is 5.81. The number of hydrogen-bond donors (Lipinski definition) is 1. The smallest absolute Gasteiger partial charge is 0.308 e. The lowest BCUT2D eigenvalue weighted by molar-refractivity contribution is -0.142. The van der Waals surface area contributed by atoms with Gasteiger partial charge < -0.3 is 10.0 Å².